The van der Waals surface area contributed by atoms with Crippen molar-refractivity contribution in [2.24, 2.45) is 0 Å². The van der Waals surface area contributed by atoms with Gasteiger partial charge < -0.3 is 9.47 Å². The lowest BCUT2D eigenvalue weighted by molar-refractivity contribution is 0.660. The van der Waals surface area contributed by atoms with E-state index in [1.54, 1.807) is 0 Å². The molecule has 1 heterocycles. The van der Waals surface area contributed by atoms with Gasteiger partial charge in [0.15, 0.2) is 0 Å². The molecule has 2 heteroatoms. The molecule has 10 aromatic carbocycles. The van der Waals surface area contributed by atoms with Gasteiger partial charge in [-0.1, -0.05) is 184 Å². The highest BCUT2D eigenvalue weighted by Crippen LogP contribution is 2.51. The molecular weight excluding hydrogens is 761 g/mol. The fraction of sp³-hybridized carbons (Fsp3) is 0.0492. The van der Waals surface area contributed by atoms with Gasteiger partial charge in [0.25, 0.3) is 0 Å². The summed E-state index contributed by atoms with van der Waals surface area (Å²) in [4.78, 5) is 2.48. The van der Waals surface area contributed by atoms with E-state index in [0.29, 0.717) is 0 Å². The molecule has 0 saturated carbocycles. The summed E-state index contributed by atoms with van der Waals surface area (Å²) >= 11 is 0. The summed E-state index contributed by atoms with van der Waals surface area (Å²) in [7, 11) is 0. The summed E-state index contributed by atoms with van der Waals surface area (Å²) in [6.45, 7) is 4.73. The minimum absolute atomic E-state index is 0.145. The van der Waals surface area contributed by atoms with Crippen molar-refractivity contribution in [2.45, 2.75) is 19.3 Å². The summed E-state index contributed by atoms with van der Waals surface area (Å²) in [5.41, 5.74) is 19.2. The zero-order valence-corrected chi connectivity index (χ0v) is 35.3. The number of nitrogens with zero attached hydrogens (tertiary/aromatic N) is 2. The molecule has 12 rings (SSSR count). The van der Waals surface area contributed by atoms with Crippen LogP contribution in [0.25, 0.3) is 82.8 Å². The first-order chi connectivity index (χ1) is 31.0. The smallest absolute Gasteiger partial charge is 0.0546 e. The Labute approximate surface area is 368 Å². The van der Waals surface area contributed by atoms with Crippen LogP contribution in [0.1, 0.15) is 25.0 Å². The van der Waals surface area contributed by atoms with Crippen molar-refractivity contribution in [3.05, 3.63) is 242 Å². The van der Waals surface area contributed by atoms with Gasteiger partial charge >= 0.3 is 0 Å². The van der Waals surface area contributed by atoms with Crippen molar-refractivity contribution >= 4 is 49.6 Å². The van der Waals surface area contributed by atoms with E-state index in [1.165, 1.54) is 88.2 Å². The predicted molar refractivity (Wildman–Crippen MR) is 267 cm³/mol. The van der Waals surface area contributed by atoms with Crippen LogP contribution in [-0.2, 0) is 5.41 Å². The Bertz CT molecular complexity index is 3480. The molecule has 63 heavy (non-hydrogen) atoms. The Morgan fingerprint density at radius 3 is 1.71 bits per heavy atom. The van der Waals surface area contributed by atoms with Gasteiger partial charge in [0, 0.05) is 38.8 Å². The molecule has 298 valence electrons. The SMILES string of the molecule is CC1(C)c2ccccc2-c2ccc(N(c3ccc(-c4cccc(-n5c6ccccc6c6ccccc65)c4)cc3)c3cc(-c4ccc5ccccc5c4)ccc3-c3ccccc3)cc21. The largest absolute Gasteiger partial charge is 0.310 e. The second-order valence-electron chi connectivity index (χ2n) is 17.4. The number of fused-ring (bicyclic) bond motifs is 7. The average molecular weight is 805 g/mol. The van der Waals surface area contributed by atoms with E-state index >= 15 is 0 Å². The van der Waals surface area contributed by atoms with Crippen LogP contribution in [0.2, 0.25) is 0 Å². The highest BCUT2D eigenvalue weighted by Gasteiger charge is 2.36. The highest BCUT2D eigenvalue weighted by atomic mass is 15.1. The van der Waals surface area contributed by atoms with Crippen molar-refractivity contribution in [3.63, 3.8) is 0 Å². The second kappa shape index (κ2) is 14.6. The molecule has 0 spiro atoms. The number of anilines is 3. The normalized spacial score (nSPS) is 12.7. The summed E-state index contributed by atoms with van der Waals surface area (Å²) in [5.74, 6) is 0. The lowest BCUT2D eigenvalue weighted by atomic mass is 9.82. The zero-order chi connectivity index (χ0) is 42.1. The fourth-order valence-electron chi connectivity index (χ4n) is 10.2. The van der Waals surface area contributed by atoms with E-state index in [0.717, 1.165) is 22.7 Å². The van der Waals surface area contributed by atoms with E-state index in [-0.39, 0.29) is 5.41 Å². The lowest BCUT2D eigenvalue weighted by Gasteiger charge is -2.30. The van der Waals surface area contributed by atoms with Crippen LogP contribution in [-0.4, -0.2) is 4.57 Å². The van der Waals surface area contributed by atoms with Crippen LogP contribution in [0, 0.1) is 0 Å². The van der Waals surface area contributed by atoms with E-state index in [9.17, 15) is 0 Å². The summed E-state index contributed by atoms with van der Waals surface area (Å²) in [6.07, 6.45) is 0. The highest BCUT2D eigenvalue weighted by molar-refractivity contribution is 6.09. The van der Waals surface area contributed by atoms with Gasteiger partial charge in [-0.3, -0.25) is 0 Å². The van der Waals surface area contributed by atoms with Gasteiger partial charge in [0.05, 0.1) is 16.7 Å². The molecule has 0 bridgehead atoms. The molecule has 0 unspecified atom stereocenters. The molecule has 0 saturated heterocycles. The molecular formula is C61H44N2. The van der Waals surface area contributed by atoms with Crippen LogP contribution < -0.4 is 4.90 Å². The Hall–Kier alpha value is -7.94. The molecule has 0 N–H and O–H groups in total. The molecule has 0 aliphatic heterocycles. The topological polar surface area (TPSA) is 8.17 Å². The van der Waals surface area contributed by atoms with Gasteiger partial charge in [0.1, 0.15) is 0 Å². The second-order valence-corrected chi connectivity index (χ2v) is 17.4. The summed E-state index contributed by atoms with van der Waals surface area (Å²) < 4.78 is 2.39. The number of hydrogen-bond acceptors (Lipinski definition) is 1. The minimum atomic E-state index is -0.145. The molecule has 0 atom stereocenters. The average Bonchev–Trinajstić information content (AvgIpc) is 3.80. The Morgan fingerprint density at radius 2 is 0.921 bits per heavy atom. The van der Waals surface area contributed by atoms with Crippen LogP contribution in [0.15, 0.2) is 231 Å². The number of hydrogen-bond donors (Lipinski definition) is 0. The van der Waals surface area contributed by atoms with Gasteiger partial charge in [-0.15, -0.1) is 0 Å². The molecule has 1 aromatic heterocycles. The third kappa shape index (κ3) is 6.09. The van der Waals surface area contributed by atoms with E-state index in [2.05, 4.69) is 254 Å². The maximum atomic E-state index is 2.48. The van der Waals surface area contributed by atoms with E-state index < -0.39 is 0 Å². The van der Waals surface area contributed by atoms with Gasteiger partial charge in [0.2, 0.25) is 0 Å². The molecule has 0 amide bonds. The molecule has 1 aliphatic rings. The molecule has 1 aliphatic carbocycles. The first-order valence-corrected chi connectivity index (χ1v) is 21.9. The third-order valence-electron chi connectivity index (χ3n) is 13.4. The summed E-state index contributed by atoms with van der Waals surface area (Å²) in [5, 5.41) is 5.01. The van der Waals surface area contributed by atoms with Gasteiger partial charge in [-0.2, -0.15) is 0 Å². The molecule has 0 radical (unpaired) electrons. The Kier molecular flexibility index (Phi) is 8.55. The fourth-order valence-corrected chi connectivity index (χ4v) is 10.2. The Balaban J connectivity index is 1.03. The Morgan fingerprint density at radius 1 is 0.349 bits per heavy atom. The summed E-state index contributed by atoms with van der Waals surface area (Å²) in [6, 6.07) is 84.8. The first kappa shape index (κ1) is 36.9. The third-order valence-corrected chi connectivity index (χ3v) is 13.4. The van der Waals surface area contributed by atoms with Crippen LogP contribution in [0.5, 0.6) is 0 Å². The standard InChI is InChI=1S/C61H44N2/c1-61(2)56-24-11-8-21-52(56)53-36-34-50(40-57(53)61)62(60-39-47(31-35-51(60)43-16-4-3-5-17-43)46-28-27-41-15-6-7-18-44(41)37-46)48-32-29-42(30-33-48)45-19-14-20-49(38-45)63-58-25-12-9-22-54(58)55-23-10-13-26-59(55)63/h3-40H,1-2H3. The van der Waals surface area contributed by atoms with Crippen LogP contribution in [0.3, 0.4) is 0 Å². The van der Waals surface area contributed by atoms with Crippen LogP contribution in [0.4, 0.5) is 17.1 Å². The first-order valence-electron chi connectivity index (χ1n) is 21.9. The number of benzene rings is 10. The maximum Gasteiger partial charge on any atom is 0.0546 e. The van der Waals surface area contributed by atoms with Gasteiger partial charge in [-0.25, -0.2) is 0 Å². The van der Waals surface area contributed by atoms with E-state index in [4.69, 9.17) is 0 Å². The van der Waals surface area contributed by atoms with Crippen molar-refractivity contribution in [1.82, 2.24) is 4.57 Å². The lowest BCUT2D eigenvalue weighted by Crippen LogP contribution is -2.17. The minimum Gasteiger partial charge on any atom is -0.310 e. The van der Waals surface area contributed by atoms with Gasteiger partial charge in [-0.05, 0) is 122 Å². The van der Waals surface area contributed by atoms with Crippen molar-refractivity contribution in [2.75, 3.05) is 4.90 Å². The van der Waals surface area contributed by atoms with Crippen LogP contribution >= 0.6 is 0 Å². The quantitative estimate of drug-likeness (QED) is 0.156. The predicted octanol–water partition coefficient (Wildman–Crippen LogP) is 16.7. The zero-order valence-electron chi connectivity index (χ0n) is 35.3. The number of aromatic nitrogens is 1. The number of para-hydroxylation sites is 2. The molecule has 2 nitrogen and oxygen atoms in total. The van der Waals surface area contributed by atoms with E-state index in [1.807, 2.05) is 0 Å². The van der Waals surface area contributed by atoms with Crippen molar-refractivity contribution < 1.29 is 0 Å². The van der Waals surface area contributed by atoms with Crippen molar-refractivity contribution in [3.8, 4) is 50.2 Å². The molecule has 11 aromatic rings. The molecule has 0 fully saturated rings. The monoisotopic (exact) mass is 804 g/mol. The van der Waals surface area contributed by atoms with Crippen molar-refractivity contribution in [1.29, 1.82) is 0 Å². The number of rotatable bonds is 7. The maximum absolute atomic E-state index is 2.48.